The SMILES string of the molecule is NCC#Cc1cc(F)ccc1N1CCCCCC1=O. The van der Waals surface area contributed by atoms with Gasteiger partial charge in [0.05, 0.1) is 17.8 Å². The van der Waals surface area contributed by atoms with Crippen LogP contribution in [0.5, 0.6) is 0 Å². The van der Waals surface area contributed by atoms with Gasteiger partial charge in [-0.25, -0.2) is 4.39 Å². The molecule has 3 nitrogen and oxygen atoms in total. The predicted molar refractivity (Wildman–Crippen MR) is 73.2 cm³/mol. The van der Waals surface area contributed by atoms with Gasteiger partial charge in [0.1, 0.15) is 5.82 Å². The van der Waals surface area contributed by atoms with Gasteiger partial charge in [-0.1, -0.05) is 18.3 Å². The minimum atomic E-state index is -0.354. The lowest BCUT2D eigenvalue weighted by atomic mass is 10.1. The fourth-order valence-electron chi connectivity index (χ4n) is 2.23. The number of benzene rings is 1. The van der Waals surface area contributed by atoms with Crippen molar-refractivity contribution < 1.29 is 9.18 Å². The number of anilines is 1. The molecule has 0 atom stereocenters. The summed E-state index contributed by atoms with van der Waals surface area (Å²) in [6.07, 6.45) is 3.47. The second-order valence-electron chi connectivity index (χ2n) is 4.52. The van der Waals surface area contributed by atoms with Gasteiger partial charge in [0, 0.05) is 13.0 Å². The molecule has 1 aliphatic heterocycles. The number of nitrogens with zero attached hydrogens (tertiary/aromatic N) is 1. The van der Waals surface area contributed by atoms with Crippen molar-refractivity contribution in [1.82, 2.24) is 0 Å². The minimum Gasteiger partial charge on any atom is -0.320 e. The topological polar surface area (TPSA) is 46.3 Å². The monoisotopic (exact) mass is 260 g/mol. The number of carbonyl (C=O) groups is 1. The summed E-state index contributed by atoms with van der Waals surface area (Å²) in [6, 6.07) is 4.34. The van der Waals surface area contributed by atoms with Crippen LogP contribution in [0.3, 0.4) is 0 Å². The highest BCUT2D eigenvalue weighted by Gasteiger charge is 2.20. The first-order chi connectivity index (χ1) is 9.22. The molecule has 0 saturated carbocycles. The Morgan fingerprint density at radius 3 is 2.95 bits per heavy atom. The molecule has 1 aromatic rings. The summed E-state index contributed by atoms with van der Waals surface area (Å²) < 4.78 is 13.3. The third kappa shape index (κ3) is 3.33. The lowest BCUT2D eigenvalue weighted by Crippen LogP contribution is -2.30. The smallest absolute Gasteiger partial charge is 0.227 e. The lowest BCUT2D eigenvalue weighted by Gasteiger charge is -2.22. The van der Waals surface area contributed by atoms with Gasteiger partial charge < -0.3 is 10.6 Å². The molecule has 0 aliphatic carbocycles. The van der Waals surface area contributed by atoms with Crippen LogP contribution in [0.2, 0.25) is 0 Å². The van der Waals surface area contributed by atoms with E-state index in [1.54, 1.807) is 11.0 Å². The van der Waals surface area contributed by atoms with Crippen LogP contribution >= 0.6 is 0 Å². The molecule has 1 heterocycles. The number of hydrogen-bond donors (Lipinski definition) is 1. The first kappa shape index (κ1) is 13.6. The van der Waals surface area contributed by atoms with Crippen LogP contribution in [0.15, 0.2) is 18.2 Å². The summed E-state index contributed by atoms with van der Waals surface area (Å²) >= 11 is 0. The van der Waals surface area contributed by atoms with E-state index in [-0.39, 0.29) is 18.3 Å². The zero-order valence-corrected chi connectivity index (χ0v) is 10.8. The van der Waals surface area contributed by atoms with Gasteiger partial charge in [-0.3, -0.25) is 4.79 Å². The highest BCUT2D eigenvalue weighted by Crippen LogP contribution is 2.24. The summed E-state index contributed by atoms with van der Waals surface area (Å²) in [5, 5.41) is 0. The number of hydrogen-bond acceptors (Lipinski definition) is 2. The second-order valence-corrected chi connectivity index (χ2v) is 4.52. The second kappa shape index (κ2) is 6.35. The van der Waals surface area contributed by atoms with E-state index < -0.39 is 0 Å². The third-order valence-corrected chi connectivity index (χ3v) is 3.15. The largest absolute Gasteiger partial charge is 0.320 e. The molecular formula is C15H17FN2O. The van der Waals surface area contributed by atoms with E-state index >= 15 is 0 Å². The van der Waals surface area contributed by atoms with Gasteiger partial charge in [0.2, 0.25) is 5.91 Å². The fraction of sp³-hybridized carbons (Fsp3) is 0.400. The maximum absolute atomic E-state index is 13.3. The number of nitrogens with two attached hydrogens (primary N) is 1. The van der Waals surface area contributed by atoms with Gasteiger partial charge >= 0.3 is 0 Å². The van der Waals surface area contributed by atoms with Crippen LogP contribution in [0.1, 0.15) is 31.2 Å². The molecular weight excluding hydrogens is 243 g/mol. The Morgan fingerprint density at radius 1 is 1.32 bits per heavy atom. The van der Waals surface area contributed by atoms with Crippen LogP contribution in [0.25, 0.3) is 0 Å². The molecule has 1 aliphatic rings. The quantitative estimate of drug-likeness (QED) is 0.785. The zero-order valence-electron chi connectivity index (χ0n) is 10.8. The van der Waals surface area contributed by atoms with E-state index in [1.165, 1.54) is 12.1 Å². The summed E-state index contributed by atoms with van der Waals surface area (Å²) in [5.74, 6) is 5.29. The maximum Gasteiger partial charge on any atom is 0.227 e. The van der Waals surface area contributed by atoms with E-state index in [1.807, 2.05) is 0 Å². The van der Waals surface area contributed by atoms with E-state index in [9.17, 15) is 9.18 Å². The van der Waals surface area contributed by atoms with E-state index in [0.29, 0.717) is 24.2 Å². The molecule has 19 heavy (non-hydrogen) atoms. The van der Waals surface area contributed by atoms with Gasteiger partial charge in [0.15, 0.2) is 0 Å². The first-order valence-corrected chi connectivity index (χ1v) is 6.51. The van der Waals surface area contributed by atoms with Crippen molar-refractivity contribution in [3.8, 4) is 11.8 Å². The van der Waals surface area contributed by atoms with Crippen LogP contribution in [-0.2, 0) is 4.79 Å². The van der Waals surface area contributed by atoms with Crippen molar-refractivity contribution in [2.75, 3.05) is 18.0 Å². The van der Waals surface area contributed by atoms with E-state index in [2.05, 4.69) is 11.8 Å². The lowest BCUT2D eigenvalue weighted by molar-refractivity contribution is -0.118. The minimum absolute atomic E-state index is 0.0832. The summed E-state index contributed by atoms with van der Waals surface area (Å²) in [6.45, 7) is 0.881. The Hall–Kier alpha value is -1.86. The highest BCUT2D eigenvalue weighted by molar-refractivity contribution is 5.94. The molecule has 1 aromatic carbocycles. The molecule has 1 fully saturated rings. The average Bonchev–Trinajstić information content (AvgIpc) is 2.61. The van der Waals surface area contributed by atoms with Gasteiger partial charge in [-0.05, 0) is 31.0 Å². The fourth-order valence-corrected chi connectivity index (χ4v) is 2.23. The van der Waals surface area contributed by atoms with Crippen molar-refractivity contribution in [3.05, 3.63) is 29.6 Å². The van der Waals surface area contributed by atoms with Gasteiger partial charge in [-0.2, -0.15) is 0 Å². The highest BCUT2D eigenvalue weighted by atomic mass is 19.1. The Labute approximate surface area is 112 Å². The molecule has 4 heteroatoms. The molecule has 0 aromatic heterocycles. The molecule has 100 valence electrons. The van der Waals surface area contributed by atoms with Gasteiger partial charge in [0.25, 0.3) is 0 Å². The number of amides is 1. The molecule has 2 rings (SSSR count). The van der Waals surface area contributed by atoms with E-state index in [4.69, 9.17) is 5.73 Å². The zero-order chi connectivity index (χ0) is 13.7. The Kier molecular flexibility index (Phi) is 4.53. The number of carbonyl (C=O) groups excluding carboxylic acids is 1. The van der Waals surface area contributed by atoms with E-state index in [0.717, 1.165) is 19.3 Å². The molecule has 1 saturated heterocycles. The molecule has 0 radical (unpaired) electrons. The molecule has 2 N–H and O–H groups in total. The standard InChI is InChI=1S/C15H17FN2O/c16-13-7-8-14(12(11-13)5-4-9-17)18-10-3-1-2-6-15(18)19/h7-8,11H,1-3,6,9-10,17H2. The summed E-state index contributed by atoms with van der Waals surface area (Å²) in [4.78, 5) is 13.8. The Morgan fingerprint density at radius 2 is 2.16 bits per heavy atom. The average molecular weight is 260 g/mol. The Balaban J connectivity index is 2.39. The molecule has 0 spiro atoms. The van der Waals surface area contributed by atoms with Crippen LogP contribution in [-0.4, -0.2) is 19.0 Å². The normalized spacial score (nSPS) is 15.7. The summed E-state index contributed by atoms with van der Waals surface area (Å²) in [7, 11) is 0. The molecule has 0 unspecified atom stereocenters. The number of halogens is 1. The van der Waals surface area contributed by atoms with Crippen molar-refractivity contribution in [1.29, 1.82) is 0 Å². The van der Waals surface area contributed by atoms with Crippen LogP contribution < -0.4 is 10.6 Å². The third-order valence-electron chi connectivity index (χ3n) is 3.15. The van der Waals surface area contributed by atoms with Crippen molar-refractivity contribution in [3.63, 3.8) is 0 Å². The van der Waals surface area contributed by atoms with Crippen LogP contribution in [0.4, 0.5) is 10.1 Å². The molecule has 0 bridgehead atoms. The summed E-state index contributed by atoms with van der Waals surface area (Å²) in [5.41, 5.74) is 6.56. The van der Waals surface area contributed by atoms with Crippen molar-refractivity contribution in [2.45, 2.75) is 25.7 Å². The maximum atomic E-state index is 13.3. The predicted octanol–water partition coefficient (Wildman–Crippen LogP) is 2.04. The van der Waals surface area contributed by atoms with Crippen LogP contribution in [0, 0.1) is 17.7 Å². The van der Waals surface area contributed by atoms with Gasteiger partial charge in [-0.15, -0.1) is 0 Å². The Bertz CT molecular complexity index is 531. The van der Waals surface area contributed by atoms with Crippen molar-refractivity contribution >= 4 is 11.6 Å². The molecule has 1 amide bonds. The number of rotatable bonds is 1. The van der Waals surface area contributed by atoms with Crippen molar-refractivity contribution in [2.24, 2.45) is 5.73 Å². The first-order valence-electron chi connectivity index (χ1n) is 6.51.